The maximum Gasteiger partial charge on any atom is 0.119 e. The van der Waals surface area contributed by atoms with Gasteiger partial charge in [-0.2, -0.15) is 0 Å². The number of benzene rings is 1. The van der Waals surface area contributed by atoms with Crippen molar-refractivity contribution in [2.45, 2.75) is 19.4 Å². The van der Waals surface area contributed by atoms with Gasteiger partial charge < -0.3 is 9.84 Å². The fourth-order valence-corrected chi connectivity index (χ4v) is 1.84. The maximum absolute atomic E-state index is 10.2. The molecule has 0 spiro atoms. The second kappa shape index (κ2) is 6.17. The second-order valence-electron chi connectivity index (χ2n) is 4.09. The molecule has 0 radical (unpaired) electrons. The highest BCUT2D eigenvalue weighted by Gasteiger charge is 2.09. The van der Waals surface area contributed by atoms with E-state index in [1.54, 1.807) is 12.4 Å². The molecule has 0 fully saturated rings. The van der Waals surface area contributed by atoms with E-state index in [0.717, 1.165) is 16.9 Å². The van der Waals surface area contributed by atoms with Gasteiger partial charge in [0.25, 0.3) is 0 Å². The Labute approximate surface area is 107 Å². The summed E-state index contributed by atoms with van der Waals surface area (Å²) in [7, 11) is 0. The third-order valence-electron chi connectivity index (χ3n) is 2.71. The van der Waals surface area contributed by atoms with Gasteiger partial charge in [-0.05, 0) is 36.2 Å². The second-order valence-corrected chi connectivity index (χ2v) is 4.09. The van der Waals surface area contributed by atoms with Crippen LogP contribution in [0.25, 0.3) is 0 Å². The Morgan fingerprint density at radius 1 is 1.28 bits per heavy atom. The first-order valence-electron chi connectivity index (χ1n) is 6.09. The standard InChI is InChI=1S/C15H17NO2/c1-2-18-14-7-3-6-13(10-14)15(17)9-12-5-4-8-16-11-12/h3-8,10-11,15,17H,2,9H2,1H3. The van der Waals surface area contributed by atoms with E-state index in [9.17, 15) is 5.11 Å². The molecule has 0 bridgehead atoms. The predicted molar refractivity (Wildman–Crippen MR) is 70.5 cm³/mol. The van der Waals surface area contributed by atoms with Crippen LogP contribution in [0, 0.1) is 0 Å². The molecular weight excluding hydrogens is 226 g/mol. The Hall–Kier alpha value is -1.87. The van der Waals surface area contributed by atoms with Crippen molar-refractivity contribution < 1.29 is 9.84 Å². The summed E-state index contributed by atoms with van der Waals surface area (Å²) < 4.78 is 5.42. The minimum atomic E-state index is -0.533. The molecule has 1 aromatic carbocycles. The molecule has 1 atom stereocenters. The molecule has 3 heteroatoms. The van der Waals surface area contributed by atoms with Gasteiger partial charge in [0, 0.05) is 18.8 Å². The zero-order valence-electron chi connectivity index (χ0n) is 10.4. The van der Waals surface area contributed by atoms with Gasteiger partial charge in [-0.15, -0.1) is 0 Å². The van der Waals surface area contributed by atoms with Crippen molar-refractivity contribution in [3.8, 4) is 5.75 Å². The number of hydrogen-bond donors (Lipinski definition) is 1. The summed E-state index contributed by atoms with van der Waals surface area (Å²) in [6.07, 6.45) is 3.53. The zero-order valence-corrected chi connectivity index (χ0v) is 10.4. The van der Waals surface area contributed by atoms with Crippen LogP contribution in [-0.4, -0.2) is 16.7 Å². The Bertz CT molecular complexity index is 485. The Kier molecular flexibility index (Phi) is 4.31. The number of rotatable bonds is 5. The molecule has 2 rings (SSSR count). The van der Waals surface area contributed by atoms with Crippen LogP contribution in [-0.2, 0) is 6.42 Å². The highest BCUT2D eigenvalue weighted by molar-refractivity contribution is 5.30. The summed E-state index contributed by atoms with van der Waals surface area (Å²) >= 11 is 0. The lowest BCUT2D eigenvalue weighted by Crippen LogP contribution is -2.02. The van der Waals surface area contributed by atoms with Crippen LogP contribution in [0.1, 0.15) is 24.2 Å². The van der Waals surface area contributed by atoms with Gasteiger partial charge >= 0.3 is 0 Å². The van der Waals surface area contributed by atoms with Gasteiger partial charge in [0.15, 0.2) is 0 Å². The third kappa shape index (κ3) is 3.31. The van der Waals surface area contributed by atoms with E-state index in [4.69, 9.17) is 4.74 Å². The van der Waals surface area contributed by atoms with Gasteiger partial charge in [-0.1, -0.05) is 18.2 Å². The summed E-state index contributed by atoms with van der Waals surface area (Å²) in [5, 5.41) is 10.2. The predicted octanol–water partition coefficient (Wildman–Crippen LogP) is 2.76. The number of aliphatic hydroxyl groups is 1. The van der Waals surface area contributed by atoms with E-state index < -0.39 is 6.10 Å². The summed E-state index contributed by atoms with van der Waals surface area (Å²) in [5.41, 5.74) is 1.89. The molecular formula is C15H17NO2. The van der Waals surface area contributed by atoms with Crippen molar-refractivity contribution in [1.29, 1.82) is 0 Å². The number of nitrogens with zero attached hydrogens (tertiary/aromatic N) is 1. The first-order valence-corrected chi connectivity index (χ1v) is 6.09. The normalized spacial score (nSPS) is 12.1. The number of aromatic nitrogens is 1. The van der Waals surface area contributed by atoms with Crippen LogP contribution < -0.4 is 4.74 Å². The summed E-state index contributed by atoms with van der Waals surface area (Å²) in [5.74, 6) is 0.792. The molecule has 1 N–H and O–H groups in total. The average Bonchev–Trinajstić information content (AvgIpc) is 2.40. The van der Waals surface area contributed by atoms with Crippen molar-refractivity contribution in [1.82, 2.24) is 4.98 Å². The highest BCUT2D eigenvalue weighted by Crippen LogP contribution is 2.22. The van der Waals surface area contributed by atoms with Crippen molar-refractivity contribution in [3.05, 3.63) is 59.9 Å². The fourth-order valence-electron chi connectivity index (χ4n) is 1.84. The number of ether oxygens (including phenoxy) is 1. The SMILES string of the molecule is CCOc1cccc(C(O)Cc2cccnc2)c1. The molecule has 94 valence electrons. The molecule has 1 aromatic heterocycles. The number of hydrogen-bond acceptors (Lipinski definition) is 3. The molecule has 0 saturated heterocycles. The van der Waals surface area contributed by atoms with E-state index >= 15 is 0 Å². The minimum Gasteiger partial charge on any atom is -0.494 e. The average molecular weight is 243 g/mol. The van der Waals surface area contributed by atoms with Crippen LogP contribution in [0.3, 0.4) is 0 Å². The summed E-state index contributed by atoms with van der Waals surface area (Å²) in [6.45, 7) is 2.57. The Morgan fingerprint density at radius 3 is 2.89 bits per heavy atom. The van der Waals surface area contributed by atoms with Gasteiger partial charge in [-0.25, -0.2) is 0 Å². The maximum atomic E-state index is 10.2. The van der Waals surface area contributed by atoms with Crippen molar-refractivity contribution in [2.24, 2.45) is 0 Å². The van der Waals surface area contributed by atoms with Crippen LogP contribution in [0.2, 0.25) is 0 Å². The van der Waals surface area contributed by atoms with Gasteiger partial charge in [0.2, 0.25) is 0 Å². The third-order valence-corrected chi connectivity index (χ3v) is 2.71. The smallest absolute Gasteiger partial charge is 0.119 e. The van der Waals surface area contributed by atoms with Crippen LogP contribution in [0.5, 0.6) is 5.75 Å². The van der Waals surface area contributed by atoms with Gasteiger partial charge in [0.05, 0.1) is 12.7 Å². The van der Waals surface area contributed by atoms with Crippen molar-refractivity contribution >= 4 is 0 Å². The monoisotopic (exact) mass is 243 g/mol. The molecule has 0 saturated carbocycles. The van der Waals surface area contributed by atoms with E-state index in [2.05, 4.69) is 4.98 Å². The van der Waals surface area contributed by atoms with Gasteiger partial charge in [-0.3, -0.25) is 4.98 Å². The topological polar surface area (TPSA) is 42.4 Å². The lowest BCUT2D eigenvalue weighted by molar-refractivity contribution is 0.178. The first-order chi connectivity index (χ1) is 8.79. The summed E-state index contributed by atoms with van der Waals surface area (Å²) in [6, 6.07) is 11.4. The molecule has 3 nitrogen and oxygen atoms in total. The van der Waals surface area contributed by atoms with Crippen molar-refractivity contribution in [2.75, 3.05) is 6.61 Å². The van der Waals surface area contributed by atoms with Crippen LogP contribution in [0.15, 0.2) is 48.8 Å². The number of aliphatic hydroxyl groups excluding tert-OH is 1. The molecule has 0 aliphatic carbocycles. The van der Waals surface area contributed by atoms with E-state index in [-0.39, 0.29) is 0 Å². The Balaban J connectivity index is 2.08. The highest BCUT2D eigenvalue weighted by atomic mass is 16.5. The quantitative estimate of drug-likeness (QED) is 0.878. The lowest BCUT2D eigenvalue weighted by atomic mass is 10.0. The summed E-state index contributed by atoms with van der Waals surface area (Å²) in [4.78, 5) is 4.04. The molecule has 1 heterocycles. The molecule has 0 amide bonds. The van der Waals surface area contributed by atoms with Gasteiger partial charge in [0.1, 0.15) is 5.75 Å². The molecule has 0 aliphatic heterocycles. The van der Waals surface area contributed by atoms with E-state index in [1.165, 1.54) is 0 Å². The lowest BCUT2D eigenvalue weighted by Gasteiger charge is -2.12. The van der Waals surface area contributed by atoms with E-state index in [1.807, 2.05) is 43.3 Å². The van der Waals surface area contributed by atoms with Crippen LogP contribution in [0.4, 0.5) is 0 Å². The first kappa shape index (κ1) is 12.6. The van der Waals surface area contributed by atoms with Crippen LogP contribution >= 0.6 is 0 Å². The fraction of sp³-hybridized carbons (Fsp3) is 0.267. The minimum absolute atomic E-state index is 0.533. The molecule has 1 unspecified atom stereocenters. The molecule has 18 heavy (non-hydrogen) atoms. The largest absolute Gasteiger partial charge is 0.494 e. The van der Waals surface area contributed by atoms with Crippen molar-refractivity contribution in [3.63, 3.8) is 0 Å². The molecule has 2 aromatic rings. The van der Waals surface area contributed by atoms with E-state index in [0.29, 0.717) is 13.0 Å². The zero-order chi connectivity index (χ0) is 12.8. The Morgan fingerprint density at radius 2 is 2.17 bits per heavy atom. The number of pyridine rings is 1. The molecule has 0 aliphatic rings.